The molecule has 0 spiro atoms. The Morgan fingerprint density at radius 2 is 1.44 bits per heavy atom. The minimum Gasteiger partial charge on any atom is -0.507 e. The van der Waals surface area contributed by atoms with E-state index in [9.17, 15) is 44.4 Å². The molecule has 1 aliphatic carbocycles. The minimum absolute atomic E-state index is 0.0637. The fourth-order valence-electron chi connectivity index (χ4n) is 4.84. The molecule has 0 saturated carbocycles. The third kappa shape index (κ3) is 8.96. The maximum atomic E-state index is 13.1. The van der Waals surface area contributed by atoms with E-state index in [-0.39, 0.29) is 43.4 Å². The van der Waals surface area contributed by atoms with Crippen LogP contribution in [0.25, 0.3) is 5.57 Å². The Bertz CT molecular complexity index is 1490. The van der Waals surface area contributed by atoms with E-state index in [1.54, 1.807) is 38.1 Å². The average molecular weight is 593 g/mol. The van der Waals surface area contributed by atoms with Gasteiger partial charge in [-0.3, -0.25) is 33.8 Å². The van der Waals surface area contributed by atoms with Gasteiger partial charge in [0, 0.05) is 24.2 Å². The van der Waals surface area contributed by atoms with Crippen LogP contribution in [0.1, 0.15) is 29.2 Å². The summed E-state index contributed by atoms with van der Waals surface area (Å²) in [5.74, 6) is -4.04. The Morgan fingerprint density at radius 3 is 2.02 bits per heavy atom. The monoisotopic (exact) mass is 592 g/mol. The van der Waals surface area contributed by atoms with Crippen molar-refractivity contribution in [2.45, 2.75) is 20.4 Å². The maximum absolute atomic E-state index is 13.1. The highest BCUT2D eigenvalue weighted by Crippen LogP contribution is 2.36. The van der Waals surface area contributed by atoms with Crippen LogP contribution in [0.5, 0.6) is 5.75 Å². The van der Waals surface area contributed by atoms with E-state index in [0.29, 0.717) is 33.4 Å². The van der Waals surface area contributed by atoms with E-state index < -0.39 is 37.5 Å². The first kappa shape index (κ1) is 32.4. The molecule has 0 aromatic heterocycles. The Balaban J connectivity index is 2.20. The molecule has 12 nitrogen and oxygen atoms in total. The van der Waals surface area contributed by atoms with Crippen LogP contribution in [0.2, 0.25) is 0 Å². The number of nitrogens with zero attached hydrogens (tertiary/aromatic N) is 2. The largest absolute Gasteiger partial charge is 0.507 e. The smallest absolute Gasteiger partial charge is 0.317 e. The van der Waals surface area contributed by atoms with Gasteiger partial charge in [-0.05, 0) is 71.5 Å². The molecule has 0 unspecified atom stereocenters. The van der Waals surface area contributed by atoms with E-state index in [2.05, 4.69) is 0 Å². The second-order valence-electron chi connectivity index (χ2n) is 10.0. The first-order valence-corrected chi connectivity index (χ1v) is 13.1. The van der Waals surface area contributed by atoms with Gasteiger partial charge in [0.05, 0.1) is 19.6 Å². The number of allylic oxidation sites excluding steroid dienone is 4. The van der Waals surface area contributed by atoms with Crippen LogP contribution in [0.15, 0.2) is 71.3 Å². The zero-order valence-electron chi connectivity index (χ0n) is 23.6. The summed E-state index contributed by atoms with van der Waals surface area (Å²) in [4.78, 5) is 60.5. The van der Waals surface area contributed by atoms with Crippen molar-refractivity contribution in [3.05, 3.63) is 93.6 Å². The second kappa shape index (κ2) is 14.7. The Kier molecular flexibility index (Phi) is 11.1. The second-order valence-corrected chi connectivity index (χ2v) is 10.0. The zero-order chi connectivity index (χ0) is 31.7. The molecular weight excluding hydrogens is 560 g/mol. The van der Waals surface area contributed by atoms with Crippen molar-refractivity contribution in [2.75, 3.05) is 32.9 Å². The van der Waals surface area contributed by atoms with Crippen LogP contribution in [0, 0.1) is 6.92 Å². The molecule has 0 aliphatic heterocycles. The summed E-state index contributed by atoms with van der Waals surface area (Å²) in [6.07, 6.45) is 3.29. The number of phenols is 1. The van der Waals surface area contributed by atoms with Gasteiger partial charge in [-0.15, -0.1) is 0 Å². The lowest BCUT2D eigenvalue weighted by molar-refractivity contribution is -0.143. The van der Waals surface area contributed by atoms with Gasteiger partial charge < -0.3 is 25.2 Å². The number of Topliss-reactive ketones (excluding diaryl/α,β-unsaturated/α-hetero) is 1. The summed E-state index contributed by atoms with van der Waals surface area (Å²) in [7, 11) is 0. The molecule has 3 rings (SSSR count). The molecule has 2 aromatic rings. The fourth-order valence-corrected chi connectivity index (χ4v) is 4.84. The maximum Gasteiger partial charge on any atom is 0.317 e. The number of carbonyl (C=O) groups is 5. The summed E-state index contributed by atoms with van der Waals surface area (Å²) in [5.41, 5.74) is 4.05. The summed E-state index contributed by atoms with van der Waals surface area (Å²) >= 11 is 0. The number of benzene rings is 2. The van der Waals surface area contributed by atoms with Gasteiger partial charge in [0.1, 0.15) is 12.5 Å². The van der Waals surface area contributed by atoms with Gasteiger partial charge in [-0.2, -0.15) is 0 Å². The van der Waals surface area contributed by atoms with Crippen LogP contribution in [0.4, 0.5) is 0 Å². The van der Waals surface area contributed by atoms with Crippen molar-refractivity contribution in [1.82, 2.24) is 9.80 Å². The number of hydrogen-bond donors (Lipinski definition) is 4. The number of phenolic OH excluding ortho intramolecular Hbond substituents is 1. The van der Waals surface area contributed by atoms with E-state index in [1.165, 1.54) is 4.90 Å². The third-order valence-corrected chi connectivity index (χ3v) is 6.56. The van der Waals surface area contributed by atoms with Gasteiger partial charge in [0.2, 0.25) is 0 Å². The Hall–Kier alpha value is -5.07. The lowest BCUT2D eigenvalue weighted by atomic mass is 9.85. The van der Waals surface area contributed by atoms with Gasteiger partial charge in [-0.1, -0.05) is 30.3 Å². The molecule has 43 heavy (non-hydrogen) atoms. The summed E-state index contributed by atoms with van der Waals surface area (Å²) in [6.45, 7) is 1.29. The van der Waals surface area contributed by atoms with Crippen LogP contribution >= 0.6 is 0 Å². The number of aromatic hydroxyl groups is 1. The van der Waals surface area contributed by atoms with Crippen molar-refractivity contribution in [2.24, 2.45) is 0 Å². The van der Waals surface area contributed by atoms with Crippen LogP contribution in [-0.4, -0.2) is 93.3 Å². The fraction of sp³-hybridized carbons (Fsp3) is 0.258. The number of aliphatic carboxylic acids is 3. The van der Waals surface area contributed by atoms with Gasteiger partial charge in [0.15, 0.2) is 5.78 Å². The van der Waals surface area contributed by atoms with Crippen molar-refractivity contribution in [3.63, 3.8) is 0 Å². The molecule has 12 heteroatoms. The van der Waals surface area contributed by atoms with Gasteiger partial charge in [0.25, 0.3) is 6.47 Å². The highest BCUT2D eigenvalue weighted by Gasteiger charge is 2.25. The number of carboxylic acids is 3. The molecule has 226 valence electrons. The quantitative estimate of drug-likeness (QED) is 0.175. The zero-order valence-corrected chi connectivity index (χ0v) is 23.6. The first-order valence-electron chi connectivity index (χ1n) is 13.1. The van der Waals surface area contributed by atoms with Crippen molar-refractivity contribution >= 4 is 35.7 Å². The topological polar surface area (TPSA) is 182 Å². The number of rotatable bonds is 15. The normalized spacial score (nSPS) is 14.3. The lowest BCUT2D eigenvalue weighted by Gasteiger charge is -2.24. The molecule has 0 fully saturated rings. The molecule has 1 aliphatic rings. The SMILES string of the molecule is CC1=CC(=C(c2ccccc2)c2cc(C)c(O)c(CN(COC=O)CC(=O)O)c2)C=C(CN(CC(=O)O)CC(=O)O)C1=O. The summed E-state index contributed by atoms with van der Waals surface area (Å²) < 4.78 is 4.76. The molecule has 4 N–H and O–H groups in total. The van der Waals surface area contributed by atoms with E-state index in [0.717, 1.165) is 10.5 Å². The Morgan fingerprint density at radius 1 is 0.837 bits per heavy atom. The highest BCUT2D eigenvalue weighted by molar-refractivity contribution is 6.11. The number of ether oxygens (including phenoxy) is 1. The van der Waals surface area contributed by atoms with E-state index in [4.69, 9.17) is 4.74 Å². The molecule has 0 saturated heterocycles. The summed E-state index contributed by atoms with van der Waals surface area (Å²) in [6, 6.07) is 12.6. The van der Waals surface area contributed by atoms with Crippen LogP contribution in [-0.2, 0) is 35.3 Å². The average Bonchev–Trinajstić information content (AvgIpc) is 2.92. The predicted octanol–water partition coefficient (Wildman–Crippen LogP) is 2.45. The Labute approximate surface area is 247 Å². The number of ketones is 1. The van der Waals surface area contributed by atoms with Crippen molar-refractivity contribution in [3.8, 4) is 5.75 Å². The van der Waals surface area contributed by atoms with E-state index >= 15 is 0 Å². The third-order valence-electron chi connectivity index (χ3n) is 6.56. The van der Waals surface area contributed by atoms with E-state index in [1.807, 2.05) is 30.3 Å². The van der Waals surface area contributed by atoms with Crippen molar-refractivity contribution in [1.29, 1.82) is 0 Å². The molecule has 0 amide bonds. The standard InChI is InChI=1S/C31H32N2O10/c1-19-8-22(10-24(30(19)41)12-32(14-26(35)36)15-27(37)38)29(21-6-4-3-5-7-21)23-9-20(2)31(42)25(11-23)13-33(16-28(39)40)17-43-18-34/h3-11,18,42H,12-17H2,1-2H3,(H,35,36)(H,37,38)(H,39,40). The van der Waals surface area contributed by atoms with Crippen molar-refractivity contribution < 1.29 is 49.1 Å². The lowest BCUT2D eigenvalue weighted by Crippen LogP contribution is -2.37. The first-order chi connectivity index (χ1) is 20.4. The molecule has 0 heterocycles. The molecule has 0 atom stereocenters. The number of carbonyl (C=O) groups excluding carboxylic acids is 2. The minimum atomic E-state index is -1.24. The van der Waals surface area contributed by atoms with Gasteiger partial charge >= 0.3 is 17.9 Å². The molecule has 0 bridgehead atoms. The summed E-state index contributed by atoms with van der Waals surface area (Å²) in [5, 5.41) is 38.7. The van der Waals surface area contributed by atoms with Gasteiger partial charge in [-0.25, -0.2) is 0 Å². The molecular formula is C31H32N2O10. The molecule has 0 radical (unpaired) electrons. The number of hydrogen-bond acceptors (Lipinski definition) is 9. The predicted molar refractivity (Wildman–Crippen MR) is 154 cm³/mol. The number of carboxylic acid groups (broad SMARTS) is 3. The number of aryl methyl sites for hydroxylation is 1. The molecule has 2 aromatic carbocycles. The highest BCUT2D eigenvalue weighted by atomic mass is 16.5. The van der Waals surface area contributed by atoms with Crippen LogP contribution < -0.4 is 0 Å². The van der Waals surface area contributed by atoms with Crippen LogP contribution in [0.3, 0.4) is 0 Å².